The number of piperazine rings is 1. The van der Waals surface area contributed by atoms with Crippen molar-refractivity contribution in [3.05, 3.63) is 65.2 Å². The summed E-state index contributed by atoms with van der Waals surface area (Å²) in [5.41, 5.74) is 3.83. The Labute approximate surface area is 187 Å². The molecule has 164 valence electrons. The smallest absolute Gasteiger partial charge is 0.410 e. The Morgan fingerprint density at radius 1 is 1.19 bits per heavy atom. The van der Waals surface area contributed by atoms with Crippen LogP contribution in [-0.2, 0) is 18.5 Å². The molecule has 1 amide bonds. The van der Waals surface area contributed by atoms with Crippen LogP contribution in [0.3, 0.4) is 0 Å². The lowest BCUT2D eigenvalue weighted by molar-refractivity contribution is 0.0619. The van der Waals surface area contributed by atoms with Crippen LogP contribution in [-0.4, -0.2) is 46.6 Å². The molecule has 3 aliphatic heterocycles. The first-order chi connectivity index (χ1) is 15.7. The summed E-state index contributed by atoms with van der Waals surface area (Å²) in [6, 6.07) is 12.1. The molecular formula is C25H27N5O2. The van der Waals surface area contributed by atoms with E-state index in [4.69, 9.17) is 9.72 Å². The summed E-state index contributed by atoms with van der Waals surface area (Å²) in [5, 5.41) is 9.01. The Morgan fingerprint density at radius 2 is 2.06 bits per heavy atom. The van der Waals surface area contributed by atoms with Gasteiger partial charge in [-0.2, -0.15) is 0 Å². The van der Waals surface area contributed by atoms with Crippen LogP contribution in [0.2, 0.25) is 0 Å². The molecule has 0 saturated carbocycles. The van der Waals surface area contributed by atoms with E-state index in [1.54, 1.807) is 6.33 Å². The van der Waals surface area contributed by atoms with E-state index in [0.29, 0.717) is 12.3 Å². The second kappa shape index (κ2) is 7.53. The lowest BCUT2D eigenvalue weighted by Crippen LogP contribution is -2.61. The van der Waals surface area contributed by atoms with E-state index in [1.165, 1.54) is 5.56 Å². The monoisotopic (exact) mass is 429 g/mol. The summed E-state index contributed by atoms with van der Waals surface area (Å²) < 4.78 is 6.12. The molecule has 6 rings (SSSR count). The minimum atomic E-state index is -0.496. The van der Waals surface area contributed by atoms with Gasteiger partial charge in [-0.15, -0.1) is 0 Å². The zero-order chi connectivity index (χ0) is 21.7. The maximum atomic E-state index is 13.8. The summed E-state index contributed by atoms with van der Waals surface area (Å²) in [6.07, 6.45) is 4.06. The van der Waals surface area contributed by atoms with E-state index in [-0.39, 0.29) is 12.1 Å². The van der Waals surface area contributed by atoms with Crippen molar-refractivity contribution in [3.63, 3.8) is 0 Å². The Morgan fingerprint density at radius 3 is 2.97 bits per heavy atom. The molecule has 7 heteroatoms. The highest BCUT2D eigenvalue weighted by Crippen LogP contribution is 2.45. The first kappa shape index (κ1) is 19.6. The number of rotatable bonds is 2. The summed E-state index contributed by atoms with van der Waals surface area (Å²) in [7, 11) is 0. The number of hydrogen-bond donors (Lipinski definition) is 2. The van der Waals surface area contributed by atoms with Crippen LogP contribution in [0.4, 0.5) is 4.79 Å². The first-order valence-corrected chi connectivity index (χ1v) is 11.4. The number of nitrogens with one attached hydrogen (secondary N) is 2. The Balaban J connectivity index is 1.41. The highest BCUT2D eigenvalue weighted by Gasteiger charge is 2.55. The Bertz CT molecular complexity index is 1200. The molecule has 3 aliphatic rings. The van der Waals surface area contributed by atoms with Gasteiger partial charge in [-0.05, 0) is 49.7 Å². The number of fused-ring (bicyclic) bond motifs is 4. The Kier molecular flexibility index (Phi) is 4.62. The lowest BCUT2D eigenvalue weighted by atomic mass is 9.86. The van der Waals surface area contributed by atoms with Crippen molar-refractivity contribution in [2.75, 3.05) is 19.6 Å². The summed E-state index contributed by atoms with van der Waals surface area (Å²) in [5.74, 6) is 0.618. The number of benzene rings is 2. The van der Waals surface area contributed by atoms with Crippen molar-refractivity contribution in [2.24, 2.45) is 0 Å². The molecule has 0 aliphatic carbocycles. The third-order valence-corrected chi connectivity index (χ3v) is 7.30. The van der Waals surface area contributed by atoms with Crippen LogP contribution in [0, 0.1) is 6.92 Å². The van der Waals surface area contributed by atoms with Gasteiger partial charge in [-0.3, -0.25) is 4.90 Å². The van der Waals surface area contributed by atoms with Crippen molar-refractivity contribution >= 4 is 16.9 Å². The quantitative estimate of drug-likeness (QED) is 0.652. The second-order valence-corrected chi connectivity index (χ2v) is 9.10. The van der Waals surface area contributed by atoms with Crippen molar-refractivity contribution < 1.29 is 9.53 Å². The van der Waals surface area contributed by atoms with Crippen molar-refractivity contribution in [1.29, 1.82) is 0 Å². The normalized spacial score (nSPS) is 24.4. The highest BCUT2D eigenvalue weighted by atomic mass is 16.6. The van der Waals surface area contributed by atoms with E-state index < -0.39 is 5.54 Å². The zero-order valence-corrected chi connectivity index (χ0v) is 18.2. The van der Waals surface area contributed by atoms with E-state index in [0.717, 1.165) is 66.6 Å². The molecule has 32 heavy (non-hydrogen) atoms. The summed E-state index contributed by atoms with van der Waals surface area (Å²) >= 11 is 0. The second-order valence-electron chi connectivity index (χ2n) is 9.10. The molecule has 2 N–H and O–H groups in total. The molecule has 0 spiro atoms. The molecular weight excluding hydrogens is 402 g/mol. The van der Waals surface area contributed by atoms with Gasteiger partial charge in [0.15, 0.2) is 0 Å². The topological polar surface area (TPSA) is 79.4 Å². The number of carbonyl (C=O) groups is 1. The minimum Gasteiger partial charge on any atom is -0.410 e. The molecule has 0 radical (unpaired) electrons. The maximum Gasteiger partial charge on any atom is 0.416 e. The van der Waals surface area contributed by atoms with Gasteiger partial charge < -0.3 is 15.4 Å². The molecule has 3 aromatic rings. The summed E-state index contributed by atoms with van der Waals surface area (Å²) in [6.45, 7) is 5.17. The fourth-order valence-corrected chi connectivity index (χ4v) is 5.86. The van der Waals surface area contributed by atoms with Gasteiger partial charge in [0.25, 0.3) is 0 Å². The van der Waals surface area contributed by atoms with Gasteiger partial charge in [-0.1, -0.05) is 30.3 Å². The maximum absolute atomic E-state index is 13.8. The highest BCUT2D eigenvalue weighted by molar-refractivity contribution is 5.93. The predicted molar refractivity (Wildman–Crippen MR) is 122 cm³/mol. The van der Waals surface area contributed by atoms with E-state index in [2.05, 4.69) is 40.7 Å². The van der Waals surface area contributed by atoms with Gasteiger partial charge in [0.05, 0.1) is 11.4 Å². The standard InChI is InChI=1S/C25H27N5O2/c1-16-4-2-5-17-6-3-7-21(22(16)17)32-24(31)30-18-8-10-25(30,14-27-12-18)23-19-9-11-26-13-20(19)28-15-29-23/h2-7,15,18,26-27H,8-14H2,1H3. The number of nitrogens with zero attached hydrogens (tertiary/aromatic N) is 3. The van der Waals surface area contributed by atoms with Gasteiger partial charge >= 0.3 is 6.09 Å². The van der Waals surface area contributed by atoms with Gasteiger partial charge in [0.1, 0.15) is 17.6 Å². The van der Waals surface area contributed by atoms with Crippen LogP contribution >= 0.6 is 0 Å². The molecule has 2 saturated heterocycles. The number of amides is 1. The van der Waals surface area contributed by atoms with Gasteiger partial charge in [0, 0.05) is 36.6 Å². The van der Waals surface area contributed by atoms with Crippen LogP contribution < -0.4 is 15.4 Å². The first-order valence-electron chi connectivity index (χ1n) is 11.4. The molecule has 2 atom stereocenters. The van der Waals surface area contributed by atoms with E-state index in [9.17, 15) is 4.79 Å². The molecule has 2 bridgehead atoms. The molecule has 7 nitrogen and oxygen atoms in total. The fourth-order valence-electron chi connectivity index (χ4n) is 5.86. The summed E-state index contributed by atoms with van der Waals surface area (Å²) in [4.78, 5) is 25.0. The lowest BCUT2D eigenvalue weighted by Gasteiger charge is -2.45. The third-order valence-electron chi connectivity index (χ3n) is 7.30. The van der Waals surface area contributed by atoms with Crippen LogP contribution in [0.1, 0.15) is 35.4 Å². The molecule has 4 heterocycles. The van der Waals surface area contributed by atoms with E-state index in [1.807, 2.05) is 23.1 Å². The molecule has 1 aromatic heterocycles. The zero-order valence-electron chi connectivity index (χ0n) is 18.2. The van der Waals surface area contributed by atoms with Crippen molar-refractivity contribution in [3.8, 4) is 5.75 Å². The van der Waals surface area contributed by atoms with Crippen molar-refractivity contribution in [2.45, 2.75) is 44.3 Å². The van der Waals surface area contributed by atoms with Crippen molar-refractivity contribution in [1.82, 2.24) is 25.5 Å². The van der Waals surface area contributed by atoms with E-state index >= 15 is 0 Å². The van der Waals surface area contributed by atoms with Crippen LogP contribution in [0.5, 0.6) is 5.75 Å². The number of aromatic nitrogens is 2. The average molecular weight is 430 g/mol. The van der Waals surface area contributed by atoms with Gasteiger partial charge in [0.2, 0.25) is 0 Å². The minimum absolute atomic E-state index is 0.0969. The molecule has 2 aromatic carbocycles. The van der Waals surface area contributed by atoms with Crippen LogP contribution in [0.25, 0.3) is 10.8 Å². The van der Waals surface area contributed by atoms with Gasteiger partial charge in [-0.25, -0.2) is 14.8 Å². The Hall–Kier alpha value is -3.03. The average Bonchev–Trinajstić information content (AvgIpc) is 3.05. The number of aryl methyl sites for hydroxylation is 1. The van der Waals surface area contributed by atoms with Crippen LogP contribution in [0.15, 0.2) is 42.7 Å². The third kappa shape index (κ3) is 2.92. The molecule has 2 unspecified atom stereocenters. The number of ether oxygens (including phenoxy) is 1. The number of carbonyl (C=O) groups excluding carboxylic acids is 1. The fraction of sp³-hybridized carbons (Fsp3) is 0.400. The SMILES string of the molecule is Cc1cccc2cccc(OC(=O)N3C4CCC3(c3ncnc5c3CCNC5)CNC4)c12. The molecule has 2 fully saturated rings. The number of hydrogen-bond acceptors (Lipinski definition) is 6. The predicted octanol–water partition coefficient (Wildman–Crippen LogP) is 3.05. The largest absolute Gasteiger partial charge is 0.416 e.